The normalized spacial score (nSPS) is 11.4. The van der Waals surface area contributed by atoms with E-state index >= 15 is 0 Å². The number of phenols is 1. The number of benzene rings is 2. The molecular formula is C22H26ClN2O3+. The van der Waals surface area contributed by atoms with Crippen molar-refractivity contribution in [1.29, 1.82) is 0 Å². The molecule has 0 unspecified atom stereocenters. The lowest BCUT2D eigenvalue weighted by molar-refractivity contribution is -0.910. The highest BCUT2D eigenvalue weighted by Gasteiger charge is 2.25. The first-order chi connectivity index (χ1) is 13.4. The fourth-order valence-electron chi connectivity index (χ4n) is 3.50. The van der Waals surface area contributed by atoms with E-state index in [9.17, 15) is 9.90 Å². The van der Waals surface area contributed by atoms with E-state index in [0.29, 0.717) is 39.5 Å². The number of aryl methyl sites for hydroxylation is 1. The van der Waals surface area contributed by atoms with E-state index < -0.39 is 0 Å². The molecule has 148 valence electrons. The first-order valence-corrected chi connectivity index (χ1v) is 9.89. The molecule has 0 saturated heterocycles. The number of hydrogen-bond acceptors (Lipinski definition) is 3. The summed E-state index contributed by atoms with van der Waals surface area (Å²) in [5, 5.41) is 14.7. The van der Waals surface area contributed by atoms with Gasteiger partial charge < -0.3 is 19.7 Å². The minimum atomic E-state index is -0.275. The van der Waals surface area contributed by atoms with Crippen molar-refractivity contribution >= 4 is 34.2 Å². The number of amides is 1. The first-order valence-electron chi connectivity index (χ1n) is 9.51. The van der Waals surface area contributed by atoms with Gasteiger partial charge in [-0.1, -0.05) is 17.7 Å². The van der Waals surface area contributed by atoms with Crippen molar-refractivity contribution in [2.75, 3.05) is 18.4 Å². The van der Waals surface area contributed by atoms with Crippen molar-refractivity contribution in [3.8, 4) is 5.75 Å². The number of aromatic hydroxyl groups is 1. The molecule has 0 bridgehead atoms. The molecule has 1 amide bonds. The Morgan fingerprint density at radius 1 is 1.18 bits per heavy atom. The van der Waals surface area contributed by atoms with Gasteiger partial charge in [-0.3, -0.25) is 4.79 Å². The second-order valence-electron chi connectivity index (χ2n) is 6.97. The lowest BCUT2D eigenvalue weighted by Gasteiger charge is -2.17. The van der Waals surface area contributed by atoms with Crippen molar-refractivity contribution < 1.29 is 19.2 Å². The molecule has 0 fully saturated rings. The molecule has 6 heteroatoms. The average molecular weight is 402 g/mol. The monoisotopic (exact) mass is 401 g/mol. The van der Waals surface area contributed by atoms with Crippen LogP contribution in [0.2, 0.25) is 5.02 Å². The third kappa shape index (κ3) is 3.73. The van der Waals surface area contributed by atoms with Crippen molar-refractivity contribution in [3.05, 3.63) is 57.8 Å². The van der Waals surface area contributed by atoms with Crippen LogP contribution in [0.15, 0.2) is 34.7 Å². The van der Waals surface area contributed by atoms with Crippen molar-refractivity contribution in [3.63, 3.8) is 0 Å². The van der Waals surface area contributed by atoms with Gasteiger partial charge in [0.2, 0.25) is 0 Å². The molecule has 3 rings (SSSR count). The molecule has 0 aliphatic heterocycles. The second kappa shape index (κ2) is 8.25. The Hall–Kier alpha value is -2.50. The van der Waals surface area contributed by atoms with Gasteiger partial charge in [0.25, 0.3) is 5.91 Å². The van der Waals surface area contributed by atoms with Crippen molar-refractivity contribution in [2.24, 2.45) is 0 Å². The van der Waals surface area contributed by atoms with Crippen LogP contribution in [0, 0.1) is 13.8 Å². The van der Waals surface area contributed by atoms with Gasteiger partial charge in [0.05, 0.1) is 24.2 Å². The summed E-state index contributed by atoms with van der Waals surface area (Å²) in [4.78, 5) is 14.5. The van der Waals surface area contributed by atoms with E-state index in [0.717, 1.165) is 24.2 Å². The number of carbonyl (C=O) groups excluding carboxylic acids is 1. The van der Waals surface area contributed by atoms with Crippen LogP contribution in [-0.4, -0.2) is 24.1 Å². The fraction of sp³-hybridized carbons (Fsp3) is 0.318. The highest BCUT2D eigenvalue weighted by atomic mass is 35.5. The minimum absolute atomic E-state index is 0.181. The van der Waals surface area contributed by atoms with Crippen molar-refractivity contribution in [2.45, 2.75) is 34.2 Å². The van der Waals surface area contributed by atoms with E-state index in [1.54, 1.807) is 31.2 Å². The summed E-state index contributed by atoms with van der Waals surface area (Å²) in [5.41, 5.74) is 3.25. The standard InChI is InChI=1S/C22H25ClN2O3/c1-5-25(6-2)12-15-18(26)10-11-19-21(15)20(14(4)28-19)22(27)24-17-9-7-8-16(23)13(17)3/h7-11,26H,5-6,12H2,1-4H3,(H,24,27)/p+1. The first kappa shape index (κ1) is 20.2. The summed E-state index contributed by atoms with van der Waals surface area (Å²) >= 11 is 6.18. The van der Waals surface area contributed by atoms with Crippen LogP contribution in [0.5, 0.6) is 5.75 Å². The third-order valence-corrected chi connectivity index (χ3v) is 5.69. The predicted octanol–water partition coefficient (Wildman–Crippen LogP) is 4.09. The number of phenolic OH excluding ortho intramolecular Hbond substituents is 1. The Balaban J connectivity index is 2.09. The number of hydrogen-bond donors (Lipinski definition) is 3. The number of anilines is 1. The van der Waals surface area contributed by atoms with Gasteiger partial charge in [-0.15, -0.1) is 0 Å². The predicted molar refractivity (Wildman–Crippen MR) is 113 cm³/mol. The number of quaternary nitrogens is 1. The molecule has 0 radical (unpaired) electrons. The van der Waals surface area contributed by atoms with Gasteiger partial charge >= 0.3 is 0 Å². The lowest BCUT2D eigenvalue weighted by atomic mass is 10.0. The lowest BCUT2D eigenvalue weighted by Crippen LogP contribution is -3.10. The Bertz CT molecular complexity index is 1020. The largest absolute Gasteiger partial charge is 0.507 e. The summed E-state index contributed by atoms with van der Waals surface area (Å²) in [7, 11) is 0. The maximum atomic E-state index is 13.2. The van der Waals surface area contributed by atoms with Gasteiger partial charge in [0.15, 0.2) is 0 Å². The Labute approximate surface area is 169 Å². The van der Waals surface area contributed by atoms with E-state index in [1.807, 2.05) is 13.0 Å². The Kier molecular flexibility index (Phi) is 5.96. The van der Waals surface area contributed by atoms with Crippen LogP contribution in [0.4, 0.5) is 5.69 Å². The number of furan rings is 1. The highest BCUT2D eigenvalue weighted by Crippen LogP contribution is 2.34. The molecule has 0 saturated carbocycles. The van der Waals surface area contributed by atoms with Gasteiger partial charge in [0.1, 0.15) is 23.6 Å². The van der Waals surface area contributed by atoms with Crippen LogP contribution in [0.1, 0.15) is 41.1 Å². The van der Waals surface area contributed by atoms with Crippen LogP contribution < -0.4 is 10.2 Å². The summed E-state index contributed by atoms with van der Waals surface area (Å²) in [6, 6.07) is 8.74. The maximum absolute atomic E-state index is 13.2. The number of halogens is 1. The molecule has 3 aromatic rings. The number of nitrogens with one attached hydrogen (secondary N) is 2. The minimum Gasteiger partial charge on any atom is -0.507 e. The van der Waals surface area contributed by atoms with E-state index in [1.165, 1.54) is 4.90 Å². The summed E-state index contributed by atoms with van der Waals surface area (Å²) in [6.45, 7) is 10.3. The van der Waals surface area contributed by atoms with Crippen LogP contribution >= 0.6 is 11.6 Å². The van der Waals surface area contributed by atoms with Gasteiger partial charge in [0, 0.05) is 16.1 Å². The van der Waals surface area contributed by atoms with Crippen LogP contribution in [0.3, 0.4) is 0 Å². The second-order valence-corrected chi connectivity index (χ2v) is 7.38. The number of rotatable bonds is 6. The summed E-state index contributed by atoms with van der Waals surface area (Å²) in [5.74, 6) is 0.428. The smallest absolute Gasteiger partial charge is 0.259 e. The molecule has 28 heavy (non-hydrogen) atoms. The average Bonchev–Trinajstić information content (AvgIpc) is 3.01. The summed E-state index contributed by atoms with van der Waals surface area (Å²) < 4.78 is 5.85. The van der Waals surface area contributed by atoms with E-state index in [-0.39, 0.29) is 11.7 Å². The zero-order valence-corrected chi connectivity index (χ0v) is 17.4. The zero-order valence-electron chi connectivity index (χ0n) is 16.6. The molecule has 3 N–H and O–H groups in total. The molecule has 0 spiro atoms. The molecule has 5 nitrogen and oxygen atoms in total. The summed E-state index contributed by atoms with van der Waals surface area (Å²) in [6.07, 6.45) is 0. The van der Waals surface area contributed by atoms with Gasteiger partial charge in [-0.2, -0.15) is 0 Å². The van der Waals surface area contributed by atoms with Gasteiger partial charge in [-0.05, 0) is 57.5 Å². The highest BCUT2D eigenvalue weighted by molar-refractivity contribution is 6.31. The quantitative estimate of drug-likeness (QED) is 0.583. The SMILES string of the molecule is CC[NH+](CC)Cc1c(O)ccc2oc(C)c(C(=O)Nc3cccc(Cl)c3C)c12. The molecule has 2 aromatic carbocycles. The molecule has 1 heterocycles. The van der Waals surface area contributed by atoms with E-state index in [4.69, 9.17) is 16.0 Å². The maximum Gasteiger partial charge on any atom is 0.259 e. The molecule has 0 atom stereocenters. The number of carbonyl (C=O) groups is 1. The molecule has 0 aliphatic carbocycles. The Morgan fingerprint density at radius 3 is 2.57 bits per heavy atom. The Morgan fingerprint density at radius 2 is 1.89 bits per heavy atom. The number of fused-ring (bicyclic) bond motifs is 1. The van der Waals surface area contributed by atoms with Crippen LogP contribution in [-0.2, 0) is 6.54 Å². The van der Waals surface area contributed by atoms with E-state index in [2.05, 4.69) is 19.2 Å². The molecule has 1 aromatic heterocycles. The van der Waals surface area contributed by atoms with Gasteiger partial charge in [-0.25, -0.2) is 0 Å². The topological polar surface area (TPSA) is 66.9 Å². The molecular weight excluding hydrogens is 376 g/mol. The van der Waals surface area contributed by atoms with Crippen molar-refractivity contribution in [1.82, 2.24) is 0 Å². The molecule has 0 aliphatic rings. The zero-order chi connectivity index (χ0) is 20.4. The van der Waals surface area contributed by atoms with Crippen LogP contribution in [0.25, 0.3) is 11.0 Å². The third-order valence-electron chi connectivity index (χ3n) is 5.28. The fourth-order valence-corrected chi connectivity index (χ4v) is 3.67.